The van der Waals surface area contributed by atoms with E-state index in [9.17, 15) is 8.78 Å². The van der Waals surface area contributed by atoms with Gasteiger partial charge in [0.25, 0.3) is 0 Å². The first kappa shape index (κ1) is 13.7. The number of imidazole rings is 1. The summed E-state index contributed by atoms with van der Waals surface area (Å²) >= 11 is 14.6. The molecule has 0 aliphatic heterocycles. The Labute approximate surface area is 131 Å². The Morgan fingerprint density at radius 2 is 1.95 bits per heavy atom. The lowest BCUT2D eigenvalue weighted by Gasteiger charge is -2.09. The number of nitrogens with one attached hydrogen (secondary N) is 1. The lowest BCUT2D eigenvalue weighted by molar-refractivity contribution is 0.514. The zero-order valence-corrected chi connectivity index (χ0v) is 12.9. The molecule has 0 fully saturated rings. The second-order valence-electron chi connectivity index (χ2n) is 4.10. The van der Waals surface area contributed by atoms with Crippen LogP contribution in [0.1, 0.15) is 0 Å². The zero-order chi connectivity index (χ0) is 14.4. The molecular formula is C13H6BrClF2N2S. The highest BCUT2D eigenvalue weighted by atomic mass is 79.9. The minimum atomic E-state index is -0.957. The van der Waals surface area contributed by atoms with Gasteiger partial charge in [-0.25, -0.2) is 8.78 Å². The largest absolute Gasteiger partial charge is 0.330 e. The number of H-pyrrole nitrogens is 1. The van der Waals surface area contributed by atoms with Crippen LogP contribution in [0.4, 0.5) is 8.78 Å². The fourth-order valence-corrected chi connectivity index (χ4v) is 2.94. The Bertz CT molecular complexity index is 888. The molecule has 1 aromatic heterocycles. The molecule has 0 spiro atoms. The number of fused-ring (bicyclic) bond motifs is 1. The van der Waals surface area contributed by atoms with Gasteiger partial charge in [-0.2, -0.15) is 0 Å². The third-order valence-electron chi connectivity index (χ3n) is 2.91. The van der Waals surface area contributed by atoms with Crippen molar-refractivity contribution in [2.45, 2.75) is 0 Å². The zero-order valence-electron chi connectivity index (χ0n) is 9.75. The highest BCUT2D eigenvalue weighted by Crippen LogP contribution is 2.32. The fourth-order valence-electron chi connectivity index (χ4n) is 2.03. The van der Waals surface area contributed by atoms with Crippen LogP contribution in [0.2, 0.25) is 5.02 Å². The average Bonchev–Trinajstić information content (AvgIpc) is 2.75. The third-order valence-corrected chi connectivity index (χ3v) is 4.57. The van der Waals surface area contributed by atoms with E-state index in [1.165, 1.54) is 10.6 Å². The summed E-state index contributed by atoms with van der Waals surface area (Å²) in [4.78, 5) is 2.85. The maximum absolute atomic E-state index is 14.1. The lowest BCUT2D eigenvalue weighted by Crippen LogP contribution is -1.98. The van der Waals surface area contributed by atoms with E-state index in [4.69, 9.17) is 23.8 Å². The second-order valence-corrected chi connectivity index (χ2v) is 5.68. The number of rotatable bonds is 1. The molecule has 3 rings (SSSR count). The fraction of sp³-hybridized carbons (Fsp3) is 0. The molecule has 3 aromatic rings. The van der Waals surface area contributed by atoms with Crippen molar-refractivity contribution in [3.63, 3.8) is 0 Å². The number of halogens is 4. The van der Waals surface area contributed by atoms with E-state index in [0.717, 1.165) is 6.07 Å². The van der Waals surface area contributed by atoms with E-state index in [1.807, 2.05) is 0 Å². The van der Waals surface area contributed by atoms with Gasteiger partial charge < -0.3 is 4.98 Å². The van der Waals surface area contributed by atoms with Crippen molar-refractivity contribution in [1.82, 2.24) is 9.55 Å². The van der Waals surface area contributed by atoms with Crippen molar-refractivity contribution in [2.24, 2.45) is 0 Å². The summed E-state index contributed by atoms with van der Waals surface area (Å²) in [7, 11) is 0. The van der Waals surface area contributed by atoms with Gasteiger partial charge in [0.05, 0.1) is 20.7 Å². The maximum atomic E-state index is 14.1. The topological polar surface area (TPSA) is 20.7 Å². The van der Waals surface area contributed by atoms with Crippen LogP contribution >= 0.6 is 39.7 Å². The normalized spacial score (nSPS) is 11.2. The smallest absolute Gasteiger partial charge is 0.184 e. The van der Waals surface area contributed by atoms with Crippen LogP contribution < -0.4 is 0 Å². The first-order chi connectivity index (χ1) is 9.50. The van der Waals surface area contributed by atoms with Crippen molar-refractivity contribution in [2.75, 3.05) is 0 Å². The van der Waals surface area contributed by atoms with Crippen LogP contribution in [0, 0.1) is 16.4 Å². The van der Waals surface area contributed by atoms with E-state index in [0.29, 0.717) is 20.7 Å². The molecule has 1 heterocycles. The molecular weight excluding hydrogens is 370 g/mol. The number of hydrogen-bond donors (Lipinski definition) is 1. The molecule has 102 valence electrons. The molecule has 0 unspecified atom stereocenters. The Morgan fingerprint density at radius 3 is 2.70 bits per heavy atom. The van der Waals surface area contributed by atoms with Crippen LogP contribution in [0.5, 0.6) is 0 Å². The molecule has 7 heteroatoms. The molecule has 0 amide bonds. The molecule has 1 N–H and O–H groups in total. The molecule has 0 aliphatic carbocycles. The molecule has 0 saturated heterocycles. The van der Waals surface area contributed by atoms with Gasteiger partial charge in [0.2, 0.25) is 0 Å². The molecule has 0 saturated carbocycles. The summed E-state index contributed by atoms with van der Waals surface area (Å²) in [6.45, 7) is 0. The van der Waals surface area contributed by atoms with Gasteiger partial charge in [-0.1, -0.05) is 17.7 Å². The summed E-state index contributed by atoms with van der Waals surface area (Å²) in [6.07, 6.45) is 0. The van der Waals surface area contributed by atoms with Crippen LogP contribution in [-0.2, 0) is 0 Å². The van der Waals surface area contributed by atoms with Gasteiger partial charge >= 0.3 is 0 Å². The monoisotopic (exact) mass is 374 g/mol. The predicted molar refractivity (Wildman–Crippen MR) is 81.1 cm³/mol. The Kier molecular flexibility index (Phi) is 3.40. The molecule has 0 bridgehead atoms. The molecule has 2 nitrogen and oxygen atoms in total. The van der Waals surface area contributed by atoms with Crippen LogP contribution in [0.25, 0.3) is 16.7 Å². The van der Waals surface area contributed by atoms with E-state index >= 15 is 0 Å². The molecule has 0 radical (unpaired) electrons. The van der Waals surface area contributed by atoms with Gasteiger partial charge in [0.15, 0.2) is 16.4 Å². The minimum Gasteiger partial charge on any atom is -0.330 e. The highest BCUT2D eigenvalue weighted by molar-refractivity contribution is 9.10. The summed E-state index contributed by atoms with van der Waals surface area (Å²) < 4.78 is 29.8. The first-order valence-electron chi connectivity index (χ1n) is 5.54. The van der Waals surface area contributed by atoms with Crippen LogP contribution in [-0.4, -0.2) is 9.55 Å². The van der Waals surface area contributed by atoms with Crippen LogP contribution in [0.3, 0.4) is 0 Å². The first-order valence-corrected chi connectivity index (χ1v) is 7.11. The predicted octanol–water partition coefficient (Wildman–Crippen LogP) is 5.38. The average molecular weight is 376 g/mol. The molecule has 2 aromatic carbocycles. The summed E-state index contributed by atoms with van der Waals surface area (Å²) in [5.74, 6) is -1.89. The van der Waals surface area contributed by atoms with Gasteiger partial charge in [0.1, 0.15) is 5.52 Å². The molecule has 0 atom stereocenters. The van der Waals surface area contributed by atoms with Gasteiger partial charge in [-0.15, -0.1) is 0 Å². The second kappa shape index (κ2) is 4.95. The summed E-state index contributed by atoms with van der Waals surface area (Å²) in [5.41, 5.74) is 1.01. The van der Waals surface area contributed by atoms with Crippen molar-refractivity contribution in [3.05, 3.63) is 56.2 Å². The lowest BCUT2D eigenvalue weighted by atomic mass is 10.2. The Morgan fingerprint density at radius 1 is 1.20 bits per heavy atom. The highest BCUT2D eigenvalue weighted by Gasteiger charge is 2.17. The maximum Gasteiger partial charge on any atom is 0.184 e. The number of hydrogen-bond acceptors (Lipinski definition) is 1. The quantitative estimate of drug-likeness (QED) is 0.566. The minimum absolute atomic E-state index is 0.0537. The summed E-state index contributed by atoms with van der Waals surface area (Å²) in [6, 6.07) is 7.60. The molecule has 20 heavy (non-hydrogen) atoms. The van der Waals surface area contributed by atoms with Gasteiger partial charge in [-0.05, 0) is 52.4 Å². The van der Waals surface area contributed by atoms with E-state index in [-0.39, 0.29) is 10.3 Å². The van der Waals surface area contributed by atoms with Gasteiger partial charge in [0, 0.05) is 0 Å². The van der Waals surface area contributed by atoms with Crippen molar-refractivity contribution >= 4 is 50.8 Å². The van der Waals surface area contributed by atoms with Crippen molar-refractivity contribution in [1.29, 1.82) is 0 Å². The SMILES string of the molecule is Fc1ccc2[nH]c(=S)n(-c3cccc(Cl)c3Br)c2c1F. The van der Waals surface area contributed by atoms with Crippen molar-refractivity contribution < 1.29 is 8.78 Å². The van der Waals surface area contributed by atoms with E-state index in [2.05, 4.69) is 20.9 Å². The molecule has 0 aliphatic rings. The van der Waals surface area contributed by atoms with Crippen LogP contribution in [0.15, 0.2) is 34.8 Å². The third kappa shape index (κ3) is 1.99. The number of nitrogens with zero attached hydrogens (tertiary/aromatic N) is 1. The number of aromatic amines is 1. The Hall–Kier alpha value is -1.24. The summed E-state index contributed by atoms with van der Waals surface area (Å²) in [5, 5.41) is 0.454. The van der Waals surface area contributed by atoms with E-state index in [1.54, 1.807) is 18.2 Å². The standard InChI is InChI=1S/C13H6BrClF2N2S/c14-10-6(15)2-1-3-9(10)19-12-8(18-13(19)20)5-4-7(16)11(12)17/h1-5H,(H,18,20). The Balaban J connectivity index is 2.48. The van der Waals surface area contributed by atoms with Gasteiger partial charge in [-0.3, -0.25) is 4.57 Å². The number of aromatic nitrogens is 2. The van der Waals surface area contributed by atoms with Crippen molar-refractivity contribution in [3.8, 4) is 5.69 Å². The number of benzene rings is 2. The van der Waals surface area contributed by atoms with E-state index < -0.39 is 11.6 Å².